The Morgan fingerprint density at radius 2 is 2.25 bits per heavy atom. The molecule has 12 heavy (non-hydrogen) atoms. The van der Waals surface area contributed by atoms with Crippen LogP contribution in [0.5, 0.6) is 5.75 Å². The number of phenols is 1. The molecule has 0 aliphatic rings. The Morgan fingerprint density at radius 1 is 1.58 bits per heavy atom. The van der Waals surface area contributed by atoms with Crippen LogP contribution in [-0.2, 0) is 6.42 Å². The van der Waals surface area contributed by atoms with Gasteiger partial charge in [-0.25, -0.2) is 0 Å². The van der Waals surface area contributed by atoms with Crippen LogP contribution in [0.4, 0.5) is 0 Å². The van der Waals surface area contributed by atoms with E-state index in [4.69, 9.17) is 16.2 Å². The Balaban J connectivity index is 2.97. The summed E-state index contributed by atoms with van der Waals surface area (Å²) in [5, 5.41) is 16.2. The van der Waals surface area contributed by atoms with Crippen LogP contribution in [0.15, 0.2) is 22.7 Å². The van der Waals surface area contributed by atoms with E-state index in [0.29, 0.717) is 6.42 Å². The molecule has 4 N–H and O–H groups in total. The molecule has 0 unspecified atom stereocenters. The van der Waals surface area contributed by atoms with Crippen molar-refractivity contribution in [3.63, 3.8) is 0 Å². The Morgan fingerprint density at radius 3 is 2.83 bits per heavy atom. The van der Waals surface area contributed by atoms with Gasteiger partial charge in [0.1, 0.15) is 5.75 Å². The zero-order valence-electron chi connectivity index (χ0n) is 6.34. The molecule has 0 fully saturated rings. The quantitative estimate of drug-likeness (QED) is 0.532. The number of phenolic OH excluding ortho intramolecular Hbond substituents is 1. The summed E-state index contributed by atoms with van der Waals surface area (Å²) in [4.78, 5) is 0. The summed E-state index contributed by atoms with van der Waals surface area (Å²) in [6.45, 7) is 0. The molecule has 64 valence electrons. The molecule has 1 aromatic carbocycles. The summed E-state index contributed by atoms with van der Waals surface area (Å²) >= 11 is 3.30. The van der Waals surface area contributed by atoms with Crippen LogP contribution in [0.1, 0.15) is 5.56 Å². The molecule has 0 aliphatic heterocycles. The van der Waals surface area contributed by atoms with Gasteiger partial charge < -0.3 is 10.8 Å². The molecule has 0 bridgehead atoms. The second kappa shape index (κ2) is 3.58. The lowest BCUT2D eigenvalue weighted by atomic mass is 10.1. The van der Waals surface area contributed by atoms with Crippen molar-refractivity contribution in [3.05, 3.63) is 28.2 Å². The molecule has 0 amide bonds. The van der Waals surface area contributed by atoms with Crippen LogP contribution in [-0.4, -0.2) is 10.9 Å². The Labute approximate surface area is 78.8 Å². The smallest absolute Gasteiger partial charge is 0.115 e. The zero-order chi connectivity index (χ0) is 9.14. The highest BCUT2D eigenvalue weighted by molar-refractivity contribution is 9.10. The third kappa shape index (κ3) is 2.23. The lowest BCUT2D eigenvalue weighted by molar-refractivity contribution is 0.474. The standard InChI is InChI=1S/C8H9BrN2O/c9-7-2-1-6(12)3-5(7)4-8(10)11/h1-3,12H,4H2,(H3,10,11). The van der Waals surface area contributed by atoms with E-state index in [-0.39, 0.29) is 11.6 Å². The van der Waals surface area contributed by atoms with Gasteiger partial charge in [-0.3, -0.25) is 5.41 Å². The van der Waals surface area contributed by atoms with Gasteiger partial charge in [0.25, 0.3) is 0 Å². The third-order valence-corrected chi connectivity index (χ3v) is 2.18. The number of nitrogens with two attached hydrogens (primary N) is 1. The molecule has 4 heteroatoms. The number of amidine groups is 1. The molecule has 3 nitrogen and oxygen atoms in total. The van der Waals surface area contributed by atoms with E-state index in [1.54, 1.807) is 18.2 Å². The van der Waals surface area contributed by atoms with Crippen LogP contribution in [0.3, 0.4) is 0 Å². The lowest BCUT2D eigenvalue weighted by Crippen LogP contribution is -2.12. The van der Waals surface area contributed by atoms with Crippen LogP contribution in [0, 0.1) is 5.41 Å². The molecular formula is C8H9BrN2O. The van der Waals surface area contributed by atoms with Crippen LogP contribution >= 0.6 is 15.9 Å². The molecule has 0 aromatic heterocycles. The number of hydrogen-bond acceptors (Lipinski definition) is 2. The minimum atomic E-state index is 0.0845. The second-order valence-corrected chi connectivity index (χ2v) is 3.33. The maximum absolute atomic E-state index is 9.12. The van der Waals surface area contributed by atoms with E-state index in [1.807, 2.05) is 0 Å². The van der Waals surface area contributed by atoms with E-state index in [0.717, 1.165) is 10.0 Å². The second-order valence-electron chi connectivity index (χ2n) is 2.48. The average Bonchev–Trinajstić information content (AvgIpc) is 1.96. The first-order valence-corrected chi connectivity index (χ1v) is 4.19. The summed E-state index contributed by atoms with van der Waals surface area (Å²) in [6.07, 6.45) is 0.356. The van der Waals surface area contributed by atoms with Crippen molar-refractivity contribution in [1.82, 2.24) is 0 Å². The third-order valence-electron chi connectivity index (χ3n) is 1.41. The van der Waals surface area contributed by atoms with Crippen molar-refractivity contribution in [1.29, 1.82) is 5.41 Å². The minimum Gasteiger partial charge on any atom is -0.508 e. The topological polar surface area (TPSA) is 70.1 Å². The Bertz CT molecular complexity index is 312. The van der Waals surface area contributed by atoms with E-state index < -0.39 is 0 Å². The van der Waals surface area contributed by atoms with Crippen molar-refractivity contribution in [2.24, 2.45) is 5.73 Å². The van der Waals surface area contributed by atoms with E-state index in [2.05, 4.69) is 15.9 Å². The van der Waals surface area contributed by atoms with Gasteiger partial charge in [0.2, 0.25) is 0 Å². The van der Waals surface area contributed by atoms with E-state index in [1.165, 1.54) is 0 Å². The molecule has 0 heterocycles. The highest BCUT2D eigenvalue weighted by Gasteiger charge is 2.01. The molecular weight excluding hydrogens is 220 g/mol. The van der Waals surface area contributed by atoms with Crippen molar-refractivity contribution in [2.45, 2.75) is 6.42 Å². The van der Waals surface area contributed by atoms with Gasteiger partial charge >= 0.3 is 0 Å². The molecule has 1 rings (SSSR count). The van der Waals surface area contributed by atoms with Crippen molar-refractivity contribution in [2.75, 3.05) is 0 Å². The van der Waals surface area contributed by atoms with Gasteiger partial charge in [-0.2, -0.15) is 0 Å². The minimum absolute atomic E-state index is 0.0845. The summed E-state index contributed by atoms with van der Waals surface area (Å²) in [5.41, 5.74) is 6.05. The largest absolute Gasteiger partial charge is 0.508 e. The molecule has 0 radical (unpaired) electrons. The van der Waals surface area contributed by atoms with Gasteiger partial charge in [0, 0.05) is 10.9 Å². The maximum Gasteiger partial charge on any atom is 0.115 e. The fraction of sp³-hybridized carbons (Fsp3) is 0.125. The van der Waals surface area contributed by atoms with Gasteiger partial charge in [-0.05, 0) is 23.8 Å². The first kappa shape index (κ1) is 9.06. The first-order chi connectivity index (χ1) is 5.59. The zero-order valence-corrected chi connectivity index (χ0v) is 7.93. The Hall–Kier alpha value is -1.03. The number of nitrogens with one attached hydrogen (secondary N) is 1. The number of rotatable bonds is 2. The van der Waals surface area contributed by atoms with Crippen LogP contribution < -0.4 is 5.73 Å². The van der Waals surface area contributed by atoms with Crippen LogP contribution in [0.25, 0.3) is 0 Å². The highest BCUT2D eigenvalue weighted by atomic mass is 79.9. The monoisotopic (exact) mass is 228 g/mol. The average molecular weight is 229 g/mol. The number of benzene rings is 1. The number of halogens is 1. The molecule has 0 saturated carbocycles. The van der Waals surface area contributed by atoms with Gasteiger partial charge in [0.15, 0.2) is 0 Å². The van der Waals surface area contributed by atoms with Crippen molar-refractivity contribution >= 4 is 21.8 Å². The molecule has 0 aliphatic carbocycles. The predicted molar refractivity (Wildman–Crippen MR) is 51.4 cm³/mol. The highest BCUT2D eigenvalue weighted by Crippen LogP contribution is 2.21. The molecule has 0 spiro atoms. The van der Waals surface area contributed by atoms with Gasteiger partial charge in [0.05, 0.1) is 5.84 Å². The first-order valence-electron chi connectivity index (χ1n) is 3.40. The molecule has 0 saturated heterocycles. The normalized spacial score (nSPS) is 9.75. The number of aromatic hydroxyl groups is 1. The van der Waals surface area contributed by atoms with E-state index >= 15 is 0 Å². The summed E-state index contributed by atoms with van der Waals surface area (Å²) in [5.74, 6) is 0.274. The van der Waals surface area contributed by atoms with Gasteiger partial charge in [-0.15, -0.1) is 0 Å². The predicted octanol–water partition coefficient (Wildman–Crippen LogP) is 1.63. The fourth-order valence-electron chi connectivity index (χ4n) is 0.902. The summed E-state index contributed by atoms with van der Waals surface area (Å²) in [6, 6.07) is 4.90. The maximum atomic E-state index is 9.12. The van der Waals surface area contributed by atoms with Gasteiger partial charge in [-0.1, -0.05) is 15.9 Å². The molecule has 0 atom stereocenters. The summed E-state index contributed by atoms with van der Waals surface area (Å²) in [7, 11) is 0. The lowest BCUT2D eigenvalue weighted by Gasteiger charge is -2.02. The van der Waals surface area contributed by atoms with Crippen molar-refractivity contribution < 1.29 is 5.11 Å². The summed E-state index contributed by atoms with van der Waals surface area (Å²) < 4.78 is 0.857. The number of hydrogen-bond donors (Lipinski definition) is 3. The molecule has 1 aromatic rings. The van der Waals surface area contributed by atoms with E-state index in [9.17, 15) is 0 Å². The fourth-order valence-corrected chi connectivity index (χ4v) is 1.29. The Kier molecular flexibility index (Phi) is 2.70. The van der Waals surface area contributed by atoms with Crippen molar-refractivity contribution in [3.8, 4) is 5.75 Å². The SMILES string of the molecule is N=C(N)Cc1cc(O)ccc1Br. The van der Waals surface area contributed by atoms with Crippen LogP contribution in [0.2, 0.25) is 0 Å².